The Morgan fingerprint density at radius 1 is 1.11 bits per heavy atom. The van der Waals surface area contributed by atoms with Crippen molar-refractivity contribution in [3.8, 4) is 0 Å². The molecule has 1 N–H and O–H groups in total. The van der Waals surface area contributed by atoms with Gasteiger partial charge in [-0.3, -0.25) is 14.6 Å². The number of hydrogen-bond donors (Lipinski definition) is 1. The number of carbonyl (C=O) groups excluding carboxylic acids is 2. The Bertz CT molecular complexity index is 1360. The zero-order valence-corrected chi connectivity index (χ0v) is 21.4. The van der Waals surface area contributed by atoms with Crippen molar-refractivity contribution in [3.05, 3.63) is 60.2 Å². The van der Waals surface area contributed by atoms with Gasteiger partial charge in [-0.1, -0.05) is 41.7 Å². The van der Waals surface area contributed by atoms with Crippen LogP contribution in [0.25, 0.3) is 10.2 Å². The van der Waals surface area contributed by atoms with E-state index < -0.39 is 23.7 Å². The second-order valence-electron chi connectivity index (χ2n) is 9.21. The highest BCUT2D eigenvalue weighted by Gasteiger charge is 2.52. The zero-order valence-electron chi connectivity index (χ0n) is 20.6. The lowest BCUT2D eigenvalue weighted by molar-refractivity contribution is -0.902. The van der Waals surface area contributed by atoms with E-state index in [0.29, 0.717) is 30.7 Å². The fourth-order valence-electron chi connectivity index (χ4n) is 4.66. The number of aromatic nitrogens is 1. The van der Waals surface area contributed by atoms with Crippen molar-refractivity contribution in [2.75, 3.05) is 44.3 Å². The van der Waals surface area contributed by atoms with Crippen LogP contribution < -0.4 is 9.91 Å². The highest BCUT2D eigenvalue weighted by atomic mass is 32.1. The fourth-order valence-corrected chi connectivity index (χ4v) is 5.58. The average molecular weight is 544 g/mol. The number of quaternary nitrogens is 1. The number of alkyl halides is 3. The van der Waals surface area contributed by atoms with E-state index in [1.165, 1.54) is 11.8 Å². The fraction of sp³-hybridized carbons (Fsp3) is 0.346. The van der Waals surface area contributed by atoms with Gasteiger partial charge in [-0.05, 0) is 31.2 Å². The molecule has 1 atom stereocenters. The van der Waals surface area contributed by atoms with Crippen molar-refractivity contribution in [2.24, 2.45) is 16.0 Å². The molecule has 8 nitrogen and oxygen atoms in total. The normalized spacial score (nSPS) is 19.4. The minimum Gasteiger partial charge on any atom is -0.330 e. The summed E-state index contributed by atoms with van der Waals surface area (Å²) in [7, 11) is 0. The van der Waals surface area contributed by atoms with E-state index in [1.54, 1.807) is 36.4 Å². The number of anilines is 1. The van der Waals surface area contributed by atoms with Gasteiger partial charge in [0.2, 0.25) is 5.13 Å². The summed E-state index contributed by atoms with van der Waals surface area (Å²) in [4.78, 5) is 37.4. The molecule has 1 saturated heterocycles. The first kappa shape index (κ1) is 26.0. The number of nitrogens with one attached hydrogen (secondary N) is 1. The molecule has 5 rings (SSSR count). The lowest BCUT2D eigenvalue weighted by atomic mass is 9.98. The lowest BCUT2D eigenvalue weighted by Crippen LogP contribution is -3.15. The smallest absolute Gasteiger partial charge is 0.330 e. The number of nitrogens with zero attached hydrogens (tertiary/aromatic N) is 5. The van der Waals surface area contributed by atoms with Gasteiger partial charge in [0.15, 0.2) is 5.71 Å². The molecule has 38 heavy (non-hydrogen) atoms. The molecule has 0 radical (unpaired) electrons. The van der Waals surface area contributed by atoms with Crippen LogP contribution in [0.1, 0.15) is 17.3 Å². The Kier molecular flexibility index (Phi) is 7.26. The maximum atomic E-state index is 13.9. The maximum Gasteiger partial charge on any atom is 0.432 e. The predicted molar refractivity (Wildman–Crippen MR) is 140 cm³/mol. The zero-order chi connectivity index (χ0) is 26.9. The number of carbonyl (C=O) groups is 2. The summed E-state index contributed by atoms with van der Waals surface area (Å²) in [5.41, 5.74) is 0.140. The number of aliphatic imine (C=N–C) groups is 1. The number of piperazine rings is 1. The van der Waals surface area contributed by atoms with Crippen LogP contribution in [0.15, 0.2) is 64.7 Å². The molecule has 3 aromatic rings. The van der Waals surface area contributed by atoms with Crippen LogP contribution in [0.4, 0.5) is 18.3 Å². The van der Waals surface area contributed by atoms with Crippen LogP contribution in [0, 0.1) is 5.92 Å². The molecule has 1 fully saturated rings. The Hall–Kier alpha value is -3.64. The number of fused-ring (bicyclic) bond motifs is 1. The van der Waals surface area contributed by atoms with Crippen molar-refractivity contribution >= 4 is 49.9 Å². The van der Waals surface area contributed by atoms with Crippen molar-refractivity contribution in [1.29, 1.82) is 0 Å². The number of rotatable bonds is 6. The summed E-state index contributed by atoms with van der Waals surface area (Å²) in [5, 5.41) is 4.51. The predicted octanol–water partition coefficient (Wildman–Crippen LogP) is 2.68. The van der Waals surface area contributed by atoms with Gasteiger partial charge in [-0.15, -0.1) is 0 Å². The topological polar surface area (TPSA) is 82.7 Å². The molecular formula is C26H26F3N6O2S+. The van der Waals surface area contributed by atoms with Crippen molar-refractivity contribution in [1.82, 2.24) is 9.88 Å². The largest absolute Gasteiger partial charge is 0.432 e. The number of thiazole rings is 1. The molecule has 2 amide bonds. The number of hydrazone groups is 1. The quantitative estimate of drug-likeness (QED) is 0.486. The lowest BCUT2D eigenvalue weighted by Gasteiger charge is -2.32. The molecule has 2 aromatic carbocycles. The molecule has 1 unspecified atom stereocenters. The number of hydrogen-bond acceptors (Lipinski definition) is 6. The number of halogens is 3. The maximum absolute atomic E-state index is 13.9. The van der Waals surface area contributed by atoms with E-state index in [1.807, 2.05) is 23.1 Å². The van der Waals surface area contributed by atoms with E-state index in [2.05, 4.69) is 15.1 Å². The summed E-state index contributed by atoms with van der Waals surface area (Å²) < 4.78 is 42.3. The van der Waals surface area contributed by atoms with Crippen LogP contribution >= 0.6 is 11.3 Å². The standard InChI is InChI=1S/C26H25F3N6O2S/c1-17(30-11-12-33-13-15-34(16-14-33)23(36)18-7-3-2-4-8-18)21-22(26(27,28)29)32-35(24(21)37)25-31-19-9-5-6-10-20(19)38-25/h2-10,21H,11-16H2,1H3/p+1. The van der Waals surface area contributed by atoms with Gasteiger partial charge in [0.05, 0.1) is 49.5 Å². The summed E-state index contributed by atoms with van der Waals surface area (Å²) >= 11 is 1.11. The summed E-state index contributed by atoms with van der Waals surface area (Å²) in [6.45, 7) is 4.92. The first-order valence-corrected chi connectivity index (χ1v) is 13.1. The summed E-state index contributed by atoms with van der Waals surface area (Å²) in [5.74, 6) is -2.41. The Morgan fingerprint density at radius 2 is 1.79 bits per heavy atom. The minimum atomic E-state index is -4.78. The molecule has 3 heterocycles. The van der Waals surface area contributed by atoms with Crippen LogP contribution in [0.2, 0.25) is 0 Å². The van der Waals surface area contributed by atoms with Crippen LogP contribution in [0.3, 0.4) is 0 Å². The van der Waals surface area contributed by atoms with E-state index in [4.69, 9.17) is 0 Å². The summed E-state index contributed by atoms with van der Waals surface area (Å²) in [6, 6.07) is 16.2. The SMILES string of the molecule is CC(=NCC[NH+]1CCN(C(=O)c2ccccc2)CC1)C1C(=O)N(c2nc3ccccc3s2)N=C1C(F)(F)F. The minimum absolute atomic E-state index is 0.00471. The highest BCUT2D eigenvalue weighted by Crippen LogP contribution is 2.36. The van der Waals surface area contributed by atoms with Crippen molar-refractivity contribution in [3.63, 3.8) is 0 Å². The van der Waals surface area contributed by atoms with Crippen LogP contribution in [-0.4, -0.2) is 78.6 Å². The molecule has 12 heteroatoms. The molecule has 0 bridgehead atoms. The van der Waals surface area contributed by atoms with Gasteiger partial charge in [0, 0.05) is 11.3 Å². The number of benzene rings is 2. The molecule has 0 spiro atoms. The second-order valence-corrected chi connectivity index (χ2v) is 10.2. The molecule has 2 aliphatic heterocycles. The molecule has 0 aliphatic carbocycles. The van der Waals surface area contributed by atoms with E-state index in [0.717, 1.165) is 34.1 Å². The Balaban J connectivity index is 1.22. The Morgan fingerprint density at radius 3 is 2.47 bits per heavy atom. The summed E-state index contributed by atoms with van der Waals surface area (Å²) in [6.07, 6.45) is -4.78. The van der Waals surface area contributed by atoms with E-state index in [-0.39, 0.29) is 23.3 Å². The van der Waals surface area contributed by atoms with Gasteiger partial charge in [0.1, 0.15) is 5.92 Å². The van der Waals surface area contributed by atoms with Crippen LogP contribution in [0.5, 0.6) is 0 Å². The van der Waals surface area contributed by atoms with Crippen molar-refractivity contribution < 1.29 is 27.7 Å². The van der Waals surface area contributed by atoms with E-state index in [9.17, 15) is 22.8 Å². The first-order chi connectivity index (χ1) is 18.2. The third-order valence-electron chi connectivity index (χ3n) is 6.71. The average Bonchev–Trinajstić information content (AvgIpc) is 3.50. The third-order valence-corrected chi connectivity index (χ3v) is 7.73. The van der Waals surface area contributed by atoms with Gasteiger partial charge >= 0.3 is 6.18 Å². The molecule has 1 aromatic heterocycles. The first-order valence-electron chi connectivity index (χ1n) is 12.3. The highest BCUT2D eigenvalue weighted by molar-refractivity contribution is 7.22. The second kappa shape index (κ2) is 10.6. The van der Waals surface area contributed by atoms with Gasteiger partial charge in [-0.25, -0.2) is 4.98 Å². The van der Waals surface area contributed by atoms with Gasteiger partial charge in [-0.2, -0.15) is 23.3 Å². The van der Waals surface area contributed by atoms with Crippen molar-refractivity contribution in [2.45, 2.75) is 13.1 Å². The molecule has 2 aliphatic rings. The number of amides is 2. The van der Waals surface area contributed by atoms with Gasteiger partial charge in [0.25, 0.3) is 11.8 Å². The molecule has 0 saturated carbocycles. The van der Waals surface area contributed by atoms with Gasteiger partial charge < -0.3 is 9.80 Å². The van der Waals surface area contributed by atoms with Crippen LogP contribution in [-0.2, 0) is 4.79 Å². The molecular weight excluding hydrogens is 517 g/mol. The molecule has 198 valence electrons. The Labute approximate surface area is 221 Å². The monoisotopic (exact) mass is 543 g/mol. The third kappa shape index (κ3) is 5.32. The van der Waals surface area contributed by atoms with E-state index >= 15 is 0 Å². The number of para-hydroxylation sites is 1.